The predicted molar refractivity (Wildman–Crippen MR) is 432 cm³/mol. The topological polar surface area (TPSA) is 149 Å². The lowest BCUT2D eigenvalue weighted by Gasteiger charge is -2.63. The molecule has 10 fully saturated rings. The van der Waals surface area contributed by atoms with E-state index in [0.29, 0.717) is 65.6 Å². The quantitative estimate of drug-likeness (QED) is 0.0281. The van der Waals surface area contributed by atoms with E-state index in [2.05, 4.69) is 161 Å². The van der Waals surface area contributed by atoms with Crippen LogP contribution in [0, 0.1) is 63.6 Å². The zero-order valence-corrected chi connectivity index (χ0v) is 78.7. The van der Waals surface area contributed by atoms with Gasteiger partial charge in [0.05, 0.1) is 19.6 Å². The van der Waals surface area contributed by atoms with E-state index in [-0.39, 0.29) is 116 Å². The molecule has 2 heterocycles. The van der Waals surface area contributed by atoms with Crippen molar-refractivity contribution in [3.8, 4) is 34.5 Å². The molecule has 124 heavy (non-hydrogen) atoms. The van der Waals surface area contributed by atoms with Crippen molar-refractivity contribution in [3.05, 3.63) is 170 Å². The van der Waals surface area contributed by atoms with Gasteiger partial charge in [-0.05, 0) is 270 Å². The van der Waals surface area contributed by atoms with Crippen LogP contribution in [-0.4, -0.2) is 142 Å². The summed E-state index contributed by atoms with van der Waals surface area (Å²) >= 11 is -0.433. The van der Waals surface area contributed by atoms with Gasteiger partial charge >= 0.3 is 89.9 Å². The summed E-state index contributed by atoms with van der Waals surface area (Å²) in [5, 5.41) is 0. The Bertz CT molecular complexity index is 4110. The summed E-state index contributed by atoms with van der Waals surface area (Å²) in [6.45, 7) is 32.3. The molecule has 8 aliphatic carbocycles. The molecule has 30 heteroatoms. The zero-order valence-electron chi connectivity index (χ0n) is 73.6. The Morgan fingerprint density at radius 1 is 0.419 bits per heavy atom. The number of aryl methyl sites for hydroxylation is 2. The molecule has 16 rings (SSSR count). The van der Waals surface area contributed by atoms with Crippen LogP contribution in [0.3, 0.4) is 0 Å². The molecule has 2 spiro atoms. The Morgan fingerprint density at radius 3 is 0.935 bits per heavy atom. The molecule has 6 unspecified atom stereocenters. The van der Waals surface area contributed by atoms with Gasteiger partial charge in [-0.1, -0.05) is 65.8 Å². The Labute approximate surface area is 748 Å². The summed E-state index contributed by atoms with van der Waals surface area (Å²) in [6.07, 6.45) is 2.40. The second-order valence-corrected chi connectivity index (χ2v) is 41.7. The zero-order chi connectivity index (χ0) is 90.3. The number of ether oxygens (including phenoxy) is 12. The van der Waals surface area contributed by atoms with Crippen LogP contribution < -0.4 is 78.7 Å². The van der Waals surface area contributed by atoms with Gasteiger partial charge in [-0.2, -0.15) is 52.7 Å². The van der Waals surface area contributed by atoms with Gasteiger partial charge in [0.25, 0.3) is 0 Å². The summed E-state index contributed by atoms with van der Waals surface area (Å²) in [6, 6.07) is 46.3. The molecule has 0 aromatic heterocycles. The van der Waals surface area contributed by atoms with Crippen molar-refractivity contribution in [1.82, 2.24) is 0 Å². The second kappa shape index (κ2) is 41.0. The van der Waals surface area contributed by atoms with Gasteiger partial charge in [-0.3, -0.25) is 0 Å². The maximum absolute atomic E-state index is 13.7. The van der Waals surface area contributed by atoms with Crippen molar-refractivity contribution in [1.29, 1.82) is 0 Å². The number of carbonyl (C=O) groups is 2. The number of hydrogen-bond donors (Lipinski definition) is 1. The standard InChI is InChI=1S/2C27H32IO3.2C17H20F6O4.C6H15N.ClH/c2*1-7-29-20(3)30-23-12-14-24(15-13-23)31-25-16-17-26(19(2)18-25)28-22-10-8-21(9-11-22)27(4,5)6;2*1-13(18,19)12(24)27-14-4-9-2-10(5-14)17(11(3-9)6-14)25-7-15(20,21)16(22,23)8-26-17;1-4-7(5-2)6-3;/h2*8-18,20H,7H2,1-6H3;2*9-11H,2-8H2,1H3;4-6H2,1-3H3;1H/q2*+1;;;;. The third kappa shape index (κ3) is 25.4. The summed E-state index contributed by atoms with van der Waals surface area (Å²) in [5.74, 6) is -28.7. The van der Waals surface area contributed by atoms with E-state index in [4.69, 9.17) is 56.8 Å². The van der Waals surface area contributed by atoms with Crippen molar-refractivity contribution in [2.24, 2.45) is 35.5 Å². The largest absolute Gasteiger partial charge is 1.00 e. The summed E-state index contributed by atoms with van der Waals surface area (Å²) in [5.41, 5.74) is 3.39. The first-order chi connectivity index (χ1) is 57.4. The number of hydrogen-bond acceptors (Lipinski definition) is 14. The fraction of sp³-hybridized carbons (Fsp3) is 0.596. The molecular weight excluding hydrogens is 1880 g/mol. The van der Waals surface area contributed by atoms with Crippen LogP contribution in [0.25, 0.3) is 0 Å². The molecule has 6 aromatic carbocycles. The molecule has 6 aromatic rings. The van der Waals surface area contributed by atoms with Crippen LogP contribution in [0.4, 0.5) is 52.7 Å². The molecule has 688 valence electrons. The third-order valence-corrected chi connectivity index (χ3v) is 30.3. The van der Waals surface area contributed by atoms with Gasteiger partial charge in [0.2, 0.25) is 0 Å². The number of benzene rings is 6. The Morgan fingerprint density at radius 2 is 0.694 bits per heavy atom. The average molecular weight is 2010 g/mol. The van der Waals surface area contributed by atoms with E-state index in [9.17, 15) is 62.3 Å². The second-order valence-electron chi connectivity index (χ2n) is 35.8. The van der Waals surface area contributed by atoms with Crippen molar-refractivity contribution in [3.63, 3.8) is 0 Å². The Kier molecular flexibility index (Phi) is 33.7. The first kappa shape index (κ1) is 102. The minimum absolute atomic E-state index is 0. The monoisotopic (exact) mass is 2000 g/mol. The normalized spacial score (nSPS) is 24.8. The van der Waals surface area contributed by atoms with Gasteiger partial charge in [0.1, 0.15) is 72.1 Å². The SMILES string of the molecule is CC(F)(F)C(=O)OC12CC3CC(C1)C1(OCC(F)(F)C(F)(F)CO1)C(C3)C2.CC(F)(F)C(=O)OC12CC3CC(C1)C1(OCC(F)(F)C(F)(F)CO1)C(C3)C2.CCOC(C)Oc1ccc(Oc2ccc([I+]c3ccc(C(C)(C)C)cc3)c(C)c2)cc1.CCOC(C)Oc1ccc(Oc2ccc([I+]c3ccc(C(C)(C)C)cc3)c(C)c2)cc1.CC[NH+](CC)CC.[Cl-]. The number of nitrogens with one attached hydrogen (secondary N) is 1. The van der Waals surface area contributed by atoms with Crippen molar-refractivity contribution >= 4 is 11.9 Å². The highest BCUT2D eigenvalue weighted by molar-refractivity contribution is 5.78. The number of alkyl halides is 12. The van der Waals surface area contributed by atoms with Crippen molar-refractivity contribution < 1.29 is 179 Å². The van der Waals surface area contributed by atoms with Crippen molar-refractivity contribution in [2.45, 2.75) is 264 Å². The van der Waals surface area contributed by atoms with Crippen LogP contribution in [-0.2, 0) is 58.3 Å². The first-order valence-electron chi connectivity index (χ1n) is 42.4. The molecule has 10 aliphatic rings. The highest BCUT2D eigenvalue weighted by atomic mass is 127. The van der Waals surface area contributed by atoms with E-state index in [0.717, 1.165) is 34.5 Å². The Balaban J connectivity index is 0.000000182. The van der Waals surface area contributed by atoms with Gasteiger partial charge in [0, 0.05) is 61.9 Å². The van der Waals surface area contributed by atoms with E-state index >= 15 is 0 Å². The average Bonchev–Trinajstić information content (AvgIpc) is 1.07. The summed E-state index contributed by atoms with van der Waals surface area (Å²) in [7, 11) is 0. The van der Waals surface area contributed by atoms with E-state index in [1.807, 2.05) is 76.2 Å². The molecule has 15 nitrogen and oxygen atoms in total. The molecular formula is C94H120ClF12I2NO14+2. The maximum Gasteiger partial charge on any atom is 0.377 e. The highest BCUT2D eigenvalue weighted by Crippen LogP contribution is 2.66. The molecule has 6 atom stereocenters. The number of quaternary nitrogens is 1. The molecule has 8 bridgehead atoms. The van der Waals surface area contributed by atoms with E-state index in [1.165, 1.54) is 56.2 Å². The minimum atomic E-state index is -4.36. The lowest BCUT2D eigenvalue weighted by atomic mass is 9.51. The van der Waals surface area contributed by atoms with E-state index in [1.54, 1.807) is 4.90 Å². The maximum atomic E-state index is 13.7. The van der Waals surface area contributed by atoms with Gasteiger partial charge in [0.15, 0.2) is 38.4 Å². The summed E-state index contributed by atoms with van der Waals surface area (Å²) in [4.78, 5) is 25.1. The molecule has 0 radical (unpaired) electrons. The number of carbonyl (C=O) groups excluding carboxylic acids is 2. The molecule has 2 aliphatic heterocycles. The first-order valence-corrected chi connectivity index (χ1v) is 46.7. The Hall–Kier alpha value is -5.91. The van der Waals surface area contributed by atoms with Crippen LogP contribution in [0.15, 0.2) is 133 Å². The smallest absolute Gasteiger partial charge is 0.377 e. The molecule has 0 amide bonds. The number of rotatable bonds is 23. The molecule has 2 saturated heterocycles. The van der Waals surface area contributed by atoms with Crippen LogP contribution >= 0.6 is 0 Å². The van der Waals surface area contributed by atoms with Crippen LogP contribution in [0.5, 0.6) is 34.5 Å². The predicted octanol–water partition coefficient (Wildman–Crippen LogP) is 12.4. The number of halogens is 15. The fourth-order valence-electron chi connectivity index (χ4n) is 17.7. The lowest BCUT2D eigenvalue weighted by molar-refractivity contribution is -0.894. The molecule has 1 N–H and O–H groups in total. The van der Waals surface area contributed by atoms with E-state index < -0.39 is 120 Å². The lowest BCUT2D eigenvalue weighted by Crippen LogP contribution is -3.61. The van der Waals surface area contributed by atoms with Crippen LogP contribution in [0.2, 0.25) is 0 Å². The van der Waals surface area contributed by atoms with Gasteiger partial charge in [-0.15, -0.1) is 0 Å². The van der Waals surface area contributed by atoms with Gasteiger partial charge < -0.3 is 74.1 Å². The van der Waals surface area contributed by atoms with Crippen LogP contribution in [0.1, 0.15) is 190 Å². The fourth-order valence-corrected chi connectivity index (χ4v) is 22.4. The van der Waals surface area contributed by atoms with Gasteiger partial charge in [-0.25, -0.2) is 9.59 Å². The minimum Gasteiger partial charge on any atom is -1.00 e. The summed E-state index contributed by atoms with van der Waals surface area (Å²) < 4.78 is 234. The van der Waals surface area contributed by atoms with Crippen molar-refractivity contribution in [2.75, 3.05) is 59.3 Å². The number of esters is 2. The highest BCUT2D eigenvalue weighted by Gasteiger charge is 2.72. The third-order valence-electron chi connectivity index (χ3n) is 24.0. The molecule has 8 saturated carbocycles.